The summed E-state index contributed by atoms with van der Waals surface area (Å²) in [7, 11) is 2.74. The molecule has 12 heteroatoms. The van der Waals surface area contributed by atoms with E-state index in [2.05, 4.69) is 15.3 Å². The topological polar surface area (TPSA) is 112 Å². The highest BCUT2D eigenvalue weighted by Gasteiger charge is 2.43. The number of carbonyl (C=O) groups is 2. The second kappa shape index (κ2) is 10.9. The lowest BCUT2D eigenvalue weighted by atomic mass is 10.2. The number of nitrogens with one attached hydrogen (secondary N) is 1. The average Bonchev–Trinajstić information content (AvgIpc) is 3.29. The lowest BCUT2D eigenvalue weighted by Gasteiger charge is -2.27. The fraction of sp³-hybridized carbons (Fsp3) is 0.385. The maximum atomic E-state index is 14.3. The van der Waals surface area contributed by atoms with Gasteiger partial charge in [0.05, 0.1) is 37.0 Å². The standard InChI is InChI=1S/C26H28ClFN4O6/c1-26(2,3)38-25(34)32-13-15(10-19(32)23(33)36-5)37-21-9-14-12-29-24(31-18(14)11-20(21)35-4)30-17-8-6-7-16(27)22(17)28/h6-9,11-12,15,19H,10,13H2,1-5H3,(H,29,30,31)/t15-,19+/m1/s1. The quantitative estimate of drug-likeness (QED) is 0.422. The number of ether oxygens (including phenoxy) is 4. The lowest BCUT2D eigenvalue weighted by molar-refractivity contribution is -0.145. The van der Waals surface area contributed by atoms with Gasteiger partial charge in [0.25, 0.3) is 0 Å². The minimum Gasteiger partial charge on any atom is -0.493 e. The Kier molecular flexibility index (Phi) is 7.77. The van der Waals surface area contributed by atoms with E-state index in [1.807, 2.05) is 0 Å². The Morgan fingerprint density at radius 2 is 1.95 bits per heavy atom. The van der Waals surface area contributed by atoms with Crippen molar-refractivity contribution in [1.82, 2.24) is 14.9 Å². The van der Waals surface area contributed by atoms with Gasteiger partial charge >= 0.3 is 12.1 Å². The number of methoxy groups -OCH3 is 2. The number of halogens is 2. The molecule has 2 atom stereocenters. The van der Waals surface area contributed by atoms with Crippen molar-refractivity contribution in [2.75, 3.05) is 26.1 Å². The third-order valence-electron chi connectivity index (χ3n) is 5.72. The number of anilines is 2. The third-order valence-corrected chi connectivity index (χ3v) is 6.01. The van der Waals surface area contributed by atoms with Crippen molar-refractivity contribution < 1.29 is 32.9 Å². The van der Waals surface area contributed by atoms with Gasteiger partial charge < -0.3 is 24.3 Å². The van der Waals surface area contributed by atoms with Gasteiger partial charge in [-0.15, -0.1) is 0 Å². The summed E-state index contributed by atoms with van der Waals surface area (Å²) >= 11 is 5.85. The second-order valence-corrected chi connectivity index (χ2v) is 10.0. The zero-order valence-electron chi connectivity index (χ0n) is 21.6. The van der Waals surface area contributed by atoms with E-state index in [1.165, 1.54) is 31.3 Å². The molecule has 0 unspecified atom stereocenters. The zero-order valence-corrected chi connectivity index (χ0v) is 22.3. The van der Waals surface area contributed by atoms with Crippen LogP contribution < -0.4 is 14.8 Å². The predicted molar refractivity (Wildman–Crippen MR) is 139 cm³/mol. The number of nitrogens with zero attached hydrogens (tertiary/aromatic N) is 3. The summed E-state index contributed by atoms with van der Waals surface area (Å²) in [4.78, 5) is 35.1. The molecule has 1 amide bonds. The molecule has 0 radical (unpaired) electrons. The molecule has 0 saturated carbocycles. The van der Waals surface area contributed by atoms with Crippen LogP contribution in [-0.2, 0) is 14.3 Å². The normalized spacial score (nSPS) is 17.3. The van der Waals surface area contributed by atoms with E-state index >= 15 is 0 Å². The van der Waals surface area contributed by atoms with Crippen molar-refractivity contribution in [3.63, 3.8) is 0 Å². The fourth-order valence-electron chi connectivity index (χ4n) is 4.02. The van der Waals surface area contributed by atoms with Crippen LogP contribution in [0.2, 0.25) is 5.02 Å². The number of benzene rings is 2. The van der Waals surface area contributed by atoms with Gasteiger partial charge in [0.15, 0.2) is 17.3 Å². The van der Waals surface area contributed by atoms with E-state index in [1.54, 1.807) is 45.2 Å². The van der Waals surface area contributed by atoms with E-state index in [0.29, 0.717) is 22.4 Å². The van der Waals surface area contributed by atoms with Gasteiger partial charge in [-0.05, 0) is 39.0 Å². The molecule has 1 N–H and O–H groups in total. The Balaban J connectivity index is 1.56. The number of rotatable bonds is 6. The maximum absolute atomic E-state index is 14.3. The SMILES string of the molecule is COC(=O)[C@@H]1C[C@@H](Oc2cc3cnc(Nc4cccc(Cl)c4F)nc3cc2OC)CN1C(=O)OC(C)(C)C. The van der Waals surface area contributed by atoms with Gasteiger partial charge in [-0.3, -0.25) is 4.90 Å². The maximum Gasteiger partial charge on any atom is 0.411 e. The summed E-state index contributed by atoms with van der Waals surface area (Å²) in [6.45, 7) is 5.35. The zero-order chi connectivity index (χ0) is 27.6. The molecule has 2 heterocycles. The number of esters is 1. The molecule has 0 spiro atoms. The molecular weight excluding hydrogens is 519 g/mol. The van der Waals surface area contributed by atoms with Crippen molar-refractivity contribution in [1.29, 1.82) is 0 Å². The lowest BCUT2D eigenvalue weighted by Crippen LogP contribution is -2.44. The molecule has 0 bridgehead atoms. The molecule has 1 aromatic heterocycles. The number of aromatic nitrogens is 2. The van der Waals surface area contributed by atoms with Crippen LogP contribution in [0.15, 0.2) is 36.5 Å². The molecular formula is C26H28ClFN4O6. The van der Waals surface area contributed by atoms with Gasteiger partial charge in [-0.25, -0.2) is 23.9 Å². The van der Waals surface area contributed by atoms with Crippen molar-refractivity contribution in [3.8, 4) is 11.5 Å². The van der Waals surface area contributed by atoms with Crippen molar-refractivity contribution in [3.05, 3.63) is 47.4 Å². The van der Waals surface area contributed by atoms with Crippen LogP contribution in [0.25, 0.3) is 10.9 Å². The predicted octanol–water partition coefficient (Wildman–Crippen LogP) is 5.10. The number of carbonyl (C=O) groups excluding carboxylic acids is 2. The number of hydrogen-bond donors (Lipinski definition) is 1. The van der Waals surface area contributed by atoms with Crippen LogP contribution in [0.1, 0.15) is 27.2 Å². The first kappa shape index (κ1) is 27.2. The van der Waals surface area contributed by atoms with E-state index in [-0.39, 0.29) is 29.6 Å². The molecule has 1 fully saturated rings. The smallest absolute Gasteiger partial charge is 0.411 e. The van der Waals surface area contributed by atoms with Crippen LogP contribution in [0.4, 0.5) is 20.8 Å². The summed E-state index contributed by atoms with van der Waals surface area (Å²) < 4.78 is 36.3. The fourth-order valence-corrected chi connectivity index (χ4v) is 4.19. The van der Waals surface area contributed by atoms with Crippen LogP contribution in [0.5, 0.6) is 11.5 Å². The molecule has 2 aromatic carbocycles. The highest BCUT2D eigenvalue weighted by atomic mass is 35.5. The van der Waals surface area contributed by atoms with Crippen LogP contribution in [0.3, 0.4) is 0 Å². The monoisotopic (exact) mass is 546 g/mol. The first-order valence-electron chi connectivity index (χ1n) is 11.8. The highest BCUT2D eigenvalue weighted by Crippen LogP contribution is 2.35. The van der Waals surface area contributed by atoms with Crippen molar-refractivity contribution in [2.45, 2.75) is 44.9 Å². The van der Waals surface area contributed by atoms with Gasteiger partial charge in [0.1, 0.15) is 17.7 Å². The Labute approximate surface area is 224 Å². The second-order valence-electron chi connectivity index (χ2n) is 9.63. The van der Waals surface area contributed by atoms with Crippen LogP contribution in [0, 0.1) is 5.82 Å². The molecule has 38 heavy (non-hydrogen) atoms. The number of likely N-dealkylation sites (tertiary alicyclic amines) is 1. The van der Waals surface area contributed by atoms with Gasteiger partial charge in [-0.1, -0.05) is 17.7 Å². The van der Waals surface area contributed by atoms with E-state index in [0.717, 1.165) is 0 Å². The summed E-state index contributed by atoms with van der Waals surface area (Å²) in [6, 6.07) is 7.08. The first-order valence-corrected chi connectivity index (χ1v) is 12.2. The molecule has 202 valence electrons. The van der Waals surface area contributed by atoms with Crippen molar-refractivity contribution in [2.24, 2.45) is 0 Å². The third kappa shape index (κ3) is 5.99. The molecule has 1 aliphatic rings. The Bertz CT molecular complexity index is 1370. The Morgan fingerprint density at radius 1 is 1.18 bits per heavy atom. The van der Waals surface area contributed by atoms with Gasteiger partial charge in [0.2, 0.25) is 5.95 Å². The molecule has 1 saturated heterocycles. The molecule has 4 rings (SSSR count). The number of fused-ring (bicyclic) bond motifs is 1. The minimum atomic E-state index is -0.852. The first-order chi connectivity index (χ1) is 18.0. The minimum absolute atomic E-state index is 0.0224. The van der Waals surface area contributed by atoms with E-state index in [9.17, 15) is 14.0 Å². The van der Waals surface area contributed by atoms with Crippen molar-refractivity contribution >= 4 is 46.2 Å². The highest BCUT2D eigenvalue weighted by molar-refractivity contribution is 6.31. The number of hydrogen-bond acceptors (Lipinski definition) is 9. The Hall–Kier alpha value is -3.86. The molecule has 10 nitrogen and oxygen atoms in total. The summed E-state index contributed by atoms with van der Waals surface area (Å²) in [6.07, 6.45) is 0.593. The Morgan fingerprint density at radius 3 is 2.63 bits per heavy atom. The van der Waals surface area contributed by atoms with Crippen LogP contribution in [-0.4, -0.2) is 65.4 Å². The van der Waals surface area contributed by atoms with E-state index in [4.69, 9.17) is 30.5 Å². The number of amides is 1. The van der Waals surface area contributed by atoms with Gasteiger partial charge in [-0.2, -0.15) is 0 Å². The largest absolute Gasteiger partial charge is 0.493 e. The van der Waals surface area contributed by atoms with E-state index < -0.39 is 35.6 Å². The summed E-state index contributed by atoms with van der Waals surface area (Å²) in [5.41, 5.74) is -0.0760. The average molecular weight is 547 g/mol. The molecule has 1 aliphatic heterocycles. The molecule has 3 aromatic rings. The summed E-state index contributed by atoms with van der Waals surface area (Å²) in [5, 5.41) is 3.43. The summed E-state index contributed by atoms with van der Waals surface area (Å²) in [5.74, 6) is -0.246. The van der Waals surface area contributed by atoms with Gasteiger partial charge in [0, 0.05) is 24.1 Å². The van der Waals surface area contributed by atoms with Crippen LogP contribution >= 0.6 is 11.6 Å². The molecule has 0 aliphatic carbocycles.